The highest BCUT2D eigenvalue weighted by Gasteiger charge is 2.30. The van der Waals surface area contributed by atoms with E-state index in [-0.39, 0.29) is 35.9 Å². The molecular weight excluding hydrogens is 414 g/mol. The van der Waals surface area contributed by atoms with Gasteiger partial charge in [-0.05, 0) is 22.9 Å². The molecule has 1 fully saturated rings. The Labute approximate surface area is 182 Å². The van der Waals surface area contributed by atoms with Crippen molar-refractivity contribution >= 4 is 26.7 Å². The lowest BCUT2D eigenvalue weighted by molar-refractivity contribution is -0.133. The van der Waals surface area contributed by atoms with Crippen LogP contribution in [0.2, 0.25) is 0 Å². The van der Waals surface area contributed by atoms with Crippen LogP contribution in [0.1, 0.15) is 26.6 Å². The van der Waals surface area contributed by atoms with Crippen molar-refractivity contribution in [2.24, 2.45) is 0 Å². The first kappa shape index (κ1) is 21.5. The Kier molecular flexibility index (Phi) is 5.57. The second-order valence-corrected chi connectivity index (χ2v) is 10.7. The molecule has 0 aliphatic carbocycles. The normalized spacial score (nSPS) is 16.0. The van der Waals surface area contributed by atoms with Crippen LogP contribution < -0.4 is 0 Å². The summed E-state index contributed by atoms with van der Waals surface area (Å²) in [7, 11) is -3.61. The Balaban J connectivity index is 1.40. The lowest BCUT2D eigenvalue weighted by atomic mass is 9.96. The maximum absolute atomic E-state index is 13.1. The molecule has 4 rings (SSSR count). The van der Waals surface area contributed by atoms with E-state index in [0.717, 1.165) is 10.8 Å². The quantitative estimate of drug-likeness (QED) is 0.620. The highest BCUT2D eigenvalue weighted by atomic mass is 32.2. The number of nitrogens with zero attached hydrogens (tertiary/aromatic N) is 5. The van der Waals surface area contributed by atoms with Crippen LogP contribution >= 0.6 is 0 Å². The van der Waals surface area contributed by atoms with Crippen molar-refractivity contribution in [1.82, 2.24) is 24.0 Å². The van der Waals surface area contributed by atoms with E-state index >= 15 is 0 Å². The summed E-state index contributed by atoms with van der Waals surface area (Å²) in [5.41, 5.74) is -0.183. The van der Waals surface area contributed by atoms with E-state index in [1.54, 1.807) is 28.0 Å². The van der Waals surface area contributed by atoms with Crippen LogP contribution in [0.4, 0.5) is 0 Å². The van der Waals surface area contributed by atoms with Gasteiger partial charge in [-0.25, -0.2) is 18.1 Å². The minimum atomic E-state index is -3.61. The Morgan fingerprint density at radius 1 is 1.00 bits per heavy atom. The van der Waals surface area contributed by atoms with E-state index in [1.165, 1.54) is 4.31 Å². The average molecular weight is 442 g/mol. The van der Waals surface area contributed by atoms with Crippen molar-refractivity contribution in [3.63, 3.8) is 0 Å². The van der Waals surface area contributed by atoms with Crippen LogP contribution in [0.15, 0.2) is 53.7 Å². The number of fused-ring (bicyclic) bond motifs is 1. The second-order valence-electron chi connectivity index (χ2n) is 8.81. The van der Waals surface area contributed by atoms with Crippen LogP contribution in [0.25, 0.3) is 10.8 Å². The van der Waals surface area contributed by atoms with Gasteiger partial charge >= 0.3 is 0 Å². The summed E-state index contributed by atoms with van der Waals surface area (Å²) in [6, 6.07) is 12.9. The third-order valence-corrected chi connectivity index (χ3v) is 7.35. The van der Waals surface area contributed by atoms with E-state index in [1.807, 2.05) is 51.1 Å². The summed E-state index contributed by atoms with van der Waals surface area (Å²) in [6.07, 6.45) is 1.57. The second kappa shape index (κ2) is 8.05. The van der Waals surface area contributed by atoms with Crippen LogP contribution in [-0.4, -0.2) is 64.5 Å². The van der Waals surface area contributed by atoms with Gasteiger partial charge in [0.25, 0.3) is 0 Å². The van der Waals surface area contributed by atoms with Gasteiger partial charge in [-0.2, -0.15) is 9.40 Å². The smallest absolute Gasteiger partial charge is 0.244 e. The van der Waals surface area contributed by atoms with Gasteiger partial charge in [-0.3, -0.25) is 4.79 Å². The predicted molar refractivity (Wildman–Crippen MR) is 118 cm³/mol. The molecule has 0 bridgehead atoms. The predicted octanol–water partition coefficient (Wildman–Crippen LogP) is 2.26. The molecular formula is C22H27N5O3S. The lowest BCUT2D eigenvalue weighted by Crippen LogP contribution is -2.51. The fraction of sp³-hybridized carbons (Fsp3) is 0.409. The summed E-state index contributed by atoms with van der Waals surface area (Å²) in [5.74, 6) is 0.597. The van der Waals surface area contributed by atoms with Crippen LogP contribution in [0.5, 0.6) is 0 Å². The van der Waals surface area contributed by atoms with E-state index in [0.29, 0.717) is 18.9 Å². The van der Waals surface area contributed by atoms with Crippen molar-refractivity contribution < 1.29 is 13.2 Å². The zero-order valence-corrected chi connectivity index (χ0v) is 18.8. The molecule has 1 saturated heterocycles. The number of sulfonamides is 1. The molecule has 0 atom stereocenters. The monoisotopic (exact) mass is 441 g/mol. The molecule has 1 aliphatic rings. The highest BCUT2D eigenvalue weighted by Crippen LogP contribution is 2.23. The molecule has 2 heterocycles. The van der Waals surface area contributed by atoms with Gasteiger partial charge in [-0.1, -0.05) is 51.1 Å². The van der Waals surface area contributed by atoms with Crippen molar-refractivity contribution in [3.8, 4) is 0 Å². The number of hydrogen-bond donors (Lipinski definition) is 0. The van der Waals surface area contributed by atoms with Gasteiger partial charge in [0.2, 0.25) is 15.9 Å². The largest absolute Gasteiger partial charge is 0.338 e. The molecule has 164 valence electrons. The number of rotatable bonds is 4. The van der Waals surface area contributed by atoms with E-state index < -0.39 is 10.0 Å². The number of piperazine rings is 1. The van der Waals surface area contributed by atoms with Gasteiger partial charge in [0.1, 0.15) is 12.9 Å². The van der Waals surface area contributed by atoms with Crippen LogP contribution in [0.3, 0.4) is 0 Å². The van der Waals surface area contributed by atoms with Gasteiger partial charge < -0.3 is 4.90 Å². The van der Waals surface area contributed by atoms with Crippen LogP contribution in [-0.2, 0) is 26.8 Å². The number of carbonyl (C=O) groups excluding carboxylic acids is 1. The zero-order chi connectivity index (χ0) is 22.2. The maximum Gasteiger partial charge on any atom is 0.244 e. The molecule has 0 saturated carbocycles. The minimum absolute atomic E-state index is 0.0897. The molecule has 1 aliphatic heterocycles. The Morgan fingerprint density at radius 3 is 2.32 bits per heavy atom. The fourth-order valence-electron chi connectivity index (χ4n) is 3.61. The summed E-state index contributed by atoms with van der Waals surface area (Å²) in [5, 5.41) is 6.28. The molecule has 1 amide bonds. The van der Waals surface area contributed by atoms with Crippen molar-refractivity contribution in [2.45, 2.75) is 37.6 Å². The minimum Gasteiger partial charge on any atom is -0.338 e. The molecule has 8 nitrogen and oxygen atoms in total. The summed E-state index contributed by atoms with van der Waals surface area (Å²) in [4.78, 5) is 18.9. The first-order chi connectivity index (χ1) is 14.6. The van der Waals surface area contributed by atoms with E-state index in [4.69, 9.17) is 0 Å². The molecule has 31 heavy (non-hydrogen) atoms. The summed E-state index contributed by atoms with van der Waals surface area (Å²) < 4.78 is 29.2. The van der Waals surface area contributed by atoms with Crippen molar-refractivity contribution in [2.75, 3.05) is 26.2 Å². The Hall–Kier alpha value is -2.78. The zero-order valence-electron chi connectivity index (χ0n) is 18.0. The Morgan fingerprint density at radius 2 is 1.68 bits per heavy atom. The van der Waals surface area contributed by atoms with Gasteiger partial charge in [0.15, 0.2) is 5.82 Å². The number of hydrogen-bond acceptors (Lipinski definition) is 5. The molecule has 0 radical (unpaired) electrons. The molecule has 2 aromatic carbocycles. The SMILES string of the molecule is CC(C)(C)c1ncn(CC(=O)N2CCN(S(=O)(=O)c3ccc4ccccc4c3)CC2)n1. The average Bonchev–Trinajstić information content (AvgIpc) is 3.22. The standard InChI is InChI=1S/C22H27N5O3S/c1-22(2,3)21-23-16-26(24-21)15-20(28)25-10-12-27(13-11-25)31(29,30)19-9-8-17-6-4-5-7-18(17)14-19/h4-9,14,16H,10-13,15H2,1-3H3. The third-order valence-electron chi connectivity index (χ3n) is 5.45. The molecule has 0 spiro atoms. The van der Waals surface area contributed by atoms with Crippen molar-refractivity contribution in [3.05, 3.63) is 54.6 Å². The van der Waals surface area contributed by atoms with E-state index in [9.17, 15) is 13.2 Å². The van der Waals surface area contributed by atoms with Gasteiger partial charge in [-0.15, -0.1) is 0 Å². The molecule has 0 unspecified atom stereocenters. The van der Waals surface area contributed by atoms with Gasteiger partial charge in [0, 0.05) is 31.6 Å². The number of amides is 1. The highest BCUT2D eigenvalue weighted by molar-refractivity contribution is 7.89. The first-order valence-corrected chi connectivity index (χ1v) is 11.8. The van der Waals surface area contributed by atoms with Gasteiger partial charge in [0.05, 0.1) is 4.90 Å². The maximum atomic E-state index is 13.1. The van der Waals surface area contributed by atoms with Crippen molar-refractivity contribution in [1.29, 1.82) is 0 Å². The fourth-order valence-corrected chi connectivity index (χ4v) is 5.07. The molecule has 1 aromatic heterocycles. The summed E-state index contributed by atoms with van der Waals surface area (Å²) in [6.45, 7) is 7.40. The number of benzene rings is 2. The van der Waals surface area contributed by atoms with E-state index in [2.05, 4.69) is 10.1 Å². The topological polar surface area (TPSA) is 88.4 Å². The number of carbonyl (C=O) groups is 1. The Bertz CT molecular complexity index is 1210. The first-order valence-electron chi connectivity index (χ1n) is 10.3. The lowest BCUT2D eigenvalue weighted by Gasteiger charge is -2.34. The summed E-state index contributed by atoms with van der Waals surface area (Å²) >= 11 is 0. The third kappa shape index (κ3) is 4.47. The molecule has 0 N–H and O–H groups in total. The number of aromatic nitrogens is 3. The van der Waals surface area contributed by atoms with Crippen LogP contribution in [0, 0.1) is 0 Å². The molecule has 9 heteroatoms. The molecule has 3 aromatic rings.